The normalized spacial score (nSPS) is 14.5. The molecule has 10 heteroatoms. The fraction of sp³-hybridized carbons (Fsp3) is 0.114. The molecule has 1 aliphatic heterocycles. The predicted molar refractivity (Wildman–Crippen MR) is 189 cm³/mol. The Morgan fingerprint density at radius 1 is 1.04 bits per heavy atom. The van der Waals surface area contributed by atoms with E-state index in [-0.39, 0.29) is 11.5 Å². The summed E-state index contributed by atoms with van der Waals surface area (Å²) in [5, 5.41) is 2.98. The number of anilines is 1. The van der Waals surface area contributed by atoms with Gasteiger partial charge in [0.15, 0.2) is 4.80 Å². The van der Waals surface area contributed by atoms with E-state index < -0.39 is 6.04 Å². The van der Waals surface area contributed by atoms with Crippen molar-refractivity contribution in [2.75, 3.05) is 12.4 Å². The van der Waals surface area contributed by atoms with Crippen LogP contribution in [0.5, 0.6) is 11.5 Å². The number of thiazole rings is 1. The fourth-order valence-corrected chi connectivity index (χ4v) is 7.91. The third kappa shape index (κ3) is 6.68. The first-order chi connectivity index (χ1) is 21.8. The third-order valence-corrected chi connectivity index (χ3v) is 9.50. The van der Waals surface area contributed by atoms with Crippen LogP contribution in [0.15, 0.2) is 123 Å². The number of hydrogen-bond donors (Lipinski definition) is 1. The van der Waals surface area contributed by atoms with Gasteiger partial charge in [0, 0.05) is 15.7 Å². The maximum absolute atomic E-state index is 14.3. The Bertz CT molecular complexity index is 2110. The maximum atomic E-state index is 14.3. The molecule has 5 aromatic rings. The predicted octanol–water partition coefficient (Wildman–Crippen LogP) is 6.83. The van der Waals surface area contributed by atoms with Crippen LogP contribution in [0.2, 0.25) is 0 Å². The van der Waals surface area contributed by atoms with Crippen molar-refractivity contribution in [3.63, 3.8) is 0 Å². The standard InChI is InChI=1S/C35H27BrIN3O4S/c1-21-30(33(41)39-26-13-7-4-8-14-26)31(23-12-9-15-27(17-23)43-2)40-34(42)29(45-35(40)38-21)18-24-16-25(36)19-28(37)32(24)44-20-22-10-5-3-6-11-22/h3-19,31H,20H2,1-2H3,(H,39,41)/b29-18-/t31-/m0/s1. The molecular formula is C35H27BrIN3O4S. The number of rotatable bonds is 8. The highest BCUT2D eigenvalue weighted by atomic mass is 127. The first-order valence-corrected chi connectivity index (χ1v) is 16.7. The molecule has 0 saturated heterocycles. The van der Waals surface area contributed by atoms with Crippen molar-refractivity contribution in [2.24, 2.45) is 4.99 Å². The Labute approximate surface area is 285 Å². The van der Waals surface area contributed by atoms with E-state index in [4.69, 9.17) is 14.5 Å². The molecule has 0 aliphatic carbocycles. The molecule has 1 aromatic heterocycles. The zero-order chi connectivity index (χ0) is 31.5. The van der Waals surface area contributed by atoms with Gasteiger partial charge in [-0.25, -0.2) is 4.99 Å². The number of fused-ring (bicyclic) bond motifs is 1. The number of benzene rings is 4. The van der Waals surface area contributed by atoms with Gasteiger partial charge in [0.2, 0.25) is 0 Å². The van der Waals surface area contributed by atoms with Crippen molar-refractivity contribution in [2.45, 2.75) is 19.6 Å². The summed E-state index contributed by atoms with van der Waals surface area (Å²) < 4.78 is 15.6. The summed E-state index contributed by atoms with van der Waals surface area (Å²) in [5.74, 6) is 0.968. The van der Waals surface area contributed by atoms with Crippen molar-refractivity contribution in [3.8, 4) is 11.5 Å². The first kappa shape index (κ1) is 31.0. The second kappa shape index (κ2) is 13.6. The highest BCUT2D eigenvalue weighted by molar-refractivity contribution is 14.1. The summed E-state index contributed by atoms with van der Waals surface area (Å²) in [6.07, 6.45) is 1.84. The van der Waals surface area contributed by atoms with Gasteiger partial charge in [-0.05, 0) is 83.1 Å². The van der Waals surface area contributed by atoms with Crippen LogP contribution in [-0.4, -0.2) is 17.6 Å². The van der Waals surface area contributed by atoms with Crippen molar-refractivity contribution in [1.29, 1.82) is 0 Å². The summed E-state index contributed by atoms with van der Waals surface area (Å²) in [7, 11) is 1.59. The van der Waals surface area contributed by atoms with Crippen LogP contribution in [-0.2, 0) is 11.4 Å². The van der Waals surface area contributed by atoms with Crippen molar-refractivity contribution in [3.05, 3.63) is 153 Å². The van der Waals surface area contributed by atoms with E-state index in [1.54, 1.807) is 18.6 Å². The van der Waals surface area contributed by atoms with Gasteiger partial charge < -0.3 is 14.8 Å². The molecule has 45 heavy (non-hydrogen) atoms. The van der Waals surface area contributed by atoms with Crippen molar-refractivity contribution < 1.29 is 14.3 Å². The molecule has 0 radical (unpaired) electrons. The number of aromatic nitrogens is 1. The Kier molecular flexibility index (Phi) is 9.34. The molecule has 0 saturated carbocycles. The molecule has 1 atom stereocenters. The third-order valence-electron chi connectivity index (χ3n) is 7.26. The number of ether oxygens (including phenoxy) is 2. The van der Waals surface area contributed by atoms with E-state index in [1.165, 1.54) is 11.3 Å². The minimum absolute atomic E-state index is 0.256. The Morgan fingerprint density at radius 2 is 1.78 bits per heavy atom. The summed E-state index contributed by atoms with van der Waals surface area (Å²) in [6.45, 7) is 2.19. The molecule has 1 N–H and O–H groups in total. The minimum Gasteiger partial charge on any atom is -0.497 e. The molecule has 1 amide bonds. The number of nitrogens with one attached hydrogen (secondary N) is 1. The maximum Gasteiger partial charge on any atom is 0.271 e. The van der Waals surface area contributed by atoms with Crippen LogP contribution < -0.4 is 29.7 Å². The average molecular weight is 792 g/mol. The fourth-order valence-electron chi connectivity index (χ4n) is 5.17. The number of methoxy groups -OCH3 is 1. The van der Waals surface area contributed by atoms with Gasteiger partial charge in [0.25, 0.3) is 11.5 Å². The average Bonchev–Trinajstić information content (AvgIpc) is 3.34. The van der Waals surface area contributed by atoms with Crippen LogP contribution in [0.4, 0.5) is 5.69 Å². The molecule has 226 valence electrons. The van der Waals surface area contributed by atoms with Gasteiger partial charge in [0.1, 0.15) is 18.1 Å². The van der Waals surface area contributed by atoms with E-state index in [0.717, 1.165) is 24.7 Å². The molecule has 2 heterocycles. The highest BCUT2D eigenvalue weighted by Crippen LogP contribution is 2.33. The molecule has 4 aromatic carbocycles. The lowest BCUT2D eigenvalue weighted by Crippen LogP contribution is -2.40. The van der Waals surface area contributed by atoms with Crippen LogP contribution in [0.1, 0.15) is 29.7 Å². The Morgan fingerprint density at radius 3 is 2.51 bits per heavy atom. The van der Waals surface area contributed by atoms with Crippen LogP contribution >= 0.6 is 49.9 Å². The number of carbonyl (C=O) groups excluding carboxylic acids is 1. The van der Waals surface area contributed by atoms with Gasteiger partial charge >= 0.3 is 0 Å². The number of allylic oxidation sites excluding steroid dienone is 1. The number of amides is 1. The topological polar surface area (TPSA) is 81.9 Å². The van der Waals surface area contributed by atoms with E-state index in [2.05, 4.69) is 43.8 Å². The van der Waals surface area contributed by atoms with Crippen molar-refractivity contribution in [1.82, 2.24) is 4.57 Å². The number of carbonyl (C=O) groups is 1. The highest BCUT2D eigenvalue weighted by Gasteiger charge is 2.33. The molecule has 7 nitrogen and oxygen atoms in total. The second-order valence-corrected chi connectivity index (χ2v) is 13.3. The number of hydrogen-bond acceptors (Lipinski definition) is 6. The van der Waals surface area contributed by atoms with Gasteiger partial charge in [-0.3, -0.25) is 14.2 Å². The molecule has 6 rings (SSSR count). The molecule has 1 aliphatic rings. The van der Waals surface area contributed by atoms with Gasteiger partial charge in [-0.1, -0.05) is 87.9 Å². The Hall–Kier alpha value is -4.00. The van der Waals surface area contributed by atoms with Crippen molar-refractivity contribution >= 4 is 67.5 Å². The van der Waals surface area contributed by atoms with E-state index >= 15 is 0 Å². The van der Waals surface area contributed by atoms with E-state index in [9.17, 15) is 9.59 Å². The lowest BCUT2D eigenvalue weighted by molar-refractivity contribution is -0.113. The Balaban J connectivity index is 1.48. The number of nitrogens with zero attached hydrogens (tertiary/aromatic N) is 2. The molecule has 0 fully saturated rings. The monoisotopic (exact) mass is 791 g/mol. The molecule has 0 unspecified atom stereocenters. The molecule has 0 bridgehead atoms. The lowest BCUT2D eigenvalue weighted by Gasteiger charge is -2.25. The SMILES string of the molecule is COc1cccc([C@H]2C(C(=O)Nc3ccccc3)=C(C)N=c3s/c(=C\c4cc(Br)cc(I)c4OCc4ccccc4)c(=O)n32)c1. The lowest BCUT2D eigenvalue weighted by atomic mass is 9.95. The molecular weight excluding hydrogens is 765 g/mol. The molecule has 0 spiro atoms. The van der Waals surface area contributed by atoms with Crippen LogP contribution in [0.25, 0.3) is 6.08 Å². The quantitative estimate of drug-likeness (QED) is 0.175. The summed E-state index contributed by atoms with van der Waals surface area (Å²) in [4.78, 5) is 33.4. The minimum atomic E-state index is -0.723. The largest absolute Gasteiger partial charge is 0.497 e. The van der Waals surface area contributed by atoms with Gasteiger partial charge in [-0.15, -0.1) is 0 Å². The first-order valence-electron chi connectivity index (χ1n) is 14.0. The van der Waals surface area contributed by atoms with Gasteiger partial charge in [0.05, 0.1) is 32.5 Å². The zero-order valence-electron chi connectivity index (χ0n) is 24.3. The van der Waals surface area contributed by atoms with Gasteiger partial charge in [-0.2, -0.15) is 0 Å². The summed E-state index contributed by atoms with van der Waals surface area (Å²) >= 11 is 7.13. The van der Waals surface area contributed by atoms with E-state index in [0.29, 0.717) is 44.4 Å². The number of para-hydroxylation sites is 1. The summed E-state index contributed by atoms with van der Waals surface area (Å²) in [5.41, 5.74) is 3.84. The summed E-state index contributed by atoms with van der Waals surface area (Å²) in [6, 6.07) is 29.8. The van der Waals surface area contributed by atoms with Crippen LogP contribution in [0.3, 0.4) is 0 Å². The van der Waals surface area contributed by atoms with Crippen LogP contribution in [0, 0.1) is 3.57 Å². The second-order valence-electron chi connectivity index (χ2n) is 10.3. The zero-order valence-corrected chi connectivity index (χ0v) is 28.9. The smallest absolute Gasteiger partial charge is 0.271 e. The number of halogens is 2. The van der Waals surface area contributed by atoms with E-state index in [1.807, 2.05) is 103 Å².